The molecule has 0 spiro atoms. The van der Waals surface area contributed by atoms with Crippen LogP contribution in [0.4, 0.5) is 4.79 Å². The van der Waals surface area contributed by atoms with E-state index >= 15 is 0 Å². The average molecular weight is 373 g/mol. The summed E-state index contributed by atoms with van der Waals surface area (Å²) in [6.07, 6.45) is 2.98. The number of imide groups is 1. The number of hydrogen-bond acceptors (Lipinski definition) is 5. The van der Waals surface area contributed by atoms with Crippen molar-refractivity contribution >= 4 is 23.8 Å². The van der Waals surface area contributed by atoms with Gasteiger partial charge in [0.15, 0.2) is 6.61 Å². The minimum absolute atomic E-state index is 0.255. The monoisotopic (exact) mass is 373 g/mol. The van der Waals surface area contributed by atoms with E-state index in [-0.39, 0.29) is 12.5 Å². The van der Waals surface area contributed by atoms with Crippen molar-refractivity contribution in [2.45, 2.75) is 31.7 Å². The van der Waals surface area contributed by atoms with E-state index in [4.69, 9.17) is 4.74 Å². The quantitative estimate of drug-likeness (QED) is 0.614. The second kappa shape index (κ2) is 7.77. The Hall–Kier alpha value is -2.90. The molecule has 2 aliphatic heterocycles. The molecule has 0 unspecified atom stereocenters. The van der Waals surface area contributed by atoms with Gasteiger partial charge in [0.05, 0.1) is 0 Å². The molecule has 2 heterocycles. The van der Waals surface area contributed by atoms with Crippen molar-refractivity contribution in [3.05, 3.63) is 35.9 Å². The Morgan fingerprint density at radius 1 is 1.11 bits per heavy atom. The third kappa shape index (κ3) is 3.94. The lowest BCUT2D eigenvalue weighted by Crippen LogP contribution is -2.42. The van der Waals surface area contributed by atoms with Gasteiger partial charge >= 0.3 is 12.0 Å². The first-order valence-corrected chi connectivity index (χ1v) is 9.05. The fourth-order valence-electron chi connectivity index (χ4n) is 3.36. The van der Waals surface area contributed by atoms with Gasteiger partial charge in [-0.3, -0.25) is 19.3 Å². The van der Waals surface area contributed by atoms with Crippen molar-refractivity contribution in [2.24, 2.45) is 0 Å². The number of rotatable bonds is 5. The number of ether oxygens (including phenoxy) is 1. The molecule has 0 radical (unpaired) electrons. The van der Waals surface area contributed by atoms with Crippen LogP contribution in [0.1, 0.15) is 31.7 Å². The number of amides is 4. The molecule has 0 aliphatic carbocycles. The van der Waals surface area contributed by atoms with Gasteiger partial charge in [0.1, 0.15) is 12.1 Å². The van der Waals surface area contributed by atoms with Crippen molar-refractivity contribution < 1.29 is 23.9 Å². The number of hydrogen-bond donors (Lipinski definition) is 1. The van der Waals surface area contributed by atoms with Crippen LogP contribution in [-0.4, -0.2) is 59.9 Å². The van der Waals surface area contributed by atoms with E-state index in [1.807, 2.05) is 6.07 Å². The molecule has 1 aromatic rings. The summed E-state index contributed by atoms with van der Waals surface area (Å²) in [6, 6.07) is 8.15. The standard InChI is InChI=1S/C19H23N3O5/c1-19(14-8-4-2-5-9-14)17(25)22(18(26)20-19)12-16(24)27-13-15(23)21-10-6-3-7-11-21/h2,4-5,8-9H,3,6-7,10-13H2,1H3,(H,20,26)/t19-/m1/s1. The topological polar surface area (TPSA) is 96.0 Å². The fourth-order valence-corrected chi connectivity index (χ4v) is 3.36. The molecule has 1 aromatic carbocycles. The predicted molar refractivity (Wildman–Crippen MR) is 95.4 cm³/mol. The van der Waals surface area contributed by atoms with Gasteiger partial charge in [0.25, 0.3) is 11.8 Å². The third-order valence-corrected chi connectivity index (χ3v) is 4.98. The molecule has 8 heteroatoms. The van der Waals surface area contributed by atoms with Crippen molar-refractivity contribution in [1.29, 1.82) is 0 Å². The van der Waals surface area contributed by atoms with Gasteiger partial charge in [0.2, 0.25) is 0 Å². The zero-order valence-electron chi connectivity index (χ0n) is 15.3. The highest BCUT2D eigenvalue weighted by atomic mass is 16.5. The lowest BCUT2D eigenvalue weighted by atomic mass is 9.92. The molecule has 1 N–H and O–H groups in total. The smallest absolute Gasteiger partial charge is 0.326 e. The largest absolute Gasteiger partial charge is 0.454 e. The number of benzene rings is 1. The minimum Gasteiger partial charge on any atom is -0.454 e. The summed E-state index contributed by atoms with van der Waals surface area (Å²) >= 11 is 0. The number of carbonyl (C=O) groups is 4. The number of esters is 1. The first kappa shape index (κ1) is 18.9. The van der Waals surface area contributed by atoms with Gasteiger partial charge in [-0.05, 0) is 31.7 Å². The number of nitrogens with one attached hydrogen (secondary N) is 1. The molecule has 27 heavy (non-hydrogen) atoms. The van der Waals surface area contributed by atoms with Crippen molar-refractivity contribution in [2.75, 3.05) is 26.2 Å². The van der Waals surface area contributed by atoms with Crippen LogP contribution in [0.25, 0.3) is 0 Å². The normalized spacial score (nSPS) is 22.6. The molecule has 2 fully saturated rings. The SMILES string of the molecule is C[C@]1(c2ccccc2)NC(=O)N(CC(=O)OCC(=O)N2CCCCC2)C1=O. The molecule has 0 saturated carbocycles. The summed E-state index contributed by atoms with van der Waals surface area (Å²) in [5.41, 5.74) is -0.609. The Labute approximate surface area is 157 Å². The van der Waals surface area contributed by atoms with Gasteiger partial charge in [0, 0.05) is 13.1 Å². The summed E-state index contributed by atoms with van der Waals surface area (Å²) < 4.78 is 4.99. The van der Waals surface area contributed by atoms with Crippen LogP contribution in [0.5, 0.6) is 0 Å². The minimum atomic E-state index is -1.23. The molecule has 144 valence electrons. The van der Waals surface area contributed by atoms with Crippen LogP contribution in [0, 0.1) is 0 Å². The molecule has 0 aromatic heterocycles. The van der Waals surface area contributed by atoms with Crippen LogP contribution < -0.4 is 5.32 Å². The van der Waals surface area contributed by atoms with E-state index in [1.165, 1.54) is 0 Å². The second-order valence-electron chi connectivity index (χ2n) is 6.91. The molecular formula is C19H23N3O5. The molecule has 0 bridgehead atoms. The molecule has 1 atom stereocenters. The first-order valence-electron chi connectivity index (χ1n) is 9.05. The lowest BCUT2D eigenvalue weighted by Gasteiger charge is -2.26. The molecular weight excluding hydrogens is 350 g/mol. The fraction of sp³-hybridized carbons (Fsp3) is 0.474. The highest BCUT2D eigenvalue weighted by molar-refractivity contribution is 6.08. The second-order valence-corrected chi connectivity index (χ2v) is 6.91. The Kier molecular flexibility index (Phi) is 5.43. The molecule has 2 saturated heterocycles. The summed E-state index contributed by atoms with van der Waals surface area (Å²) in [6.45, 7) is 2.02. The molecule has 8 nitrogen and oxygen atoms in total. The summed E-state index contributed by atoms with van der Waals surface area (Å²) in [7, 11) is 0. The molecule has 3 rings (SSSR count). The average Bonchev–Trinajstić information content (AvgIpc) is 2.91. The van der Waals surface area contributed by atoms with E-state index in [0.717, 1.165) is 24.2 Å². The first-order chi connectivity index (χ1) is 12.9. The molecule has 2 aliphatic rings. The number of likely N-dealkylation sites (tertiary alicyclic amines) is 1. The Balaban J connectivity index is 1.57. The van der Waals surface area contributed by atoms with E-state index in [0.29, 0.717) is 18.7 Å². The van der Waals surface area contributed by atoms with E-state index in [1.54, 1.807) is 36.1 Å². The van der Waals surface area contributed by atoms with Gasteiger partial charge in [-0.1, -0.05) is 30.3 Å². The van der Waals surface area contributed by atoms with Crippen LogP contribution in [0.3, 0.4) is 0 Å². The van der Waals surface area contributed by atoms with E-state index in [9.17, 15) is 19.2 Å². The van der Waals surface area contributed by atoms with Gasteiger partial charge in [-0.15, -0.1) is 0 Å². The number of nitrogens with zero attached hydrogens (tertiary/aromatic N) is 2. The van der Waals surface area contributed by atoms with Crippen LogP contribution in [0.15, 0.2) is 30.3 Å². The van der Waals surface area contributed by atoms with Gasteiger partial charge in [-0.2, -0.15) is 0 Å². The van der Waals surface area contributed by atoms with E-state index in [2.05, 4.69) is 5.32 Å². The van der Waals surface area contributed by atoms with Crippen LogP contribution >= 0.6 is 0 Å². The van der Waals surface area contributed by atoms with Gasteiger partial charge < -0.3 is 15.0 Å². The lowest BCUT2D eigenvalue weighted by molar-refractivity contribution is -0.154. The summed E-state index contributed by atoms with van der Waals surface area (Å²) in [5, 5.41) is 2.62. The van der Waals surface area contributed by atoms with Gasteiger partial charge in [-0.25, -0.2) is 4.79 Å². The predicted octanol–water partition coefficient (Wildman–Crippen LogP) is 1.01. The Morgan fingerprint density at radius 3 is 2.44 bits per heavy atom. The Bertz CT molecular complexity index is 745. The van der Waals surface area contributed by atoms with Crippen molar-refractivity contribution in [3.8, 4) is 0 Å². The zero-order chi connectivity index (χ0) is 19.4. The zero-order valence-corrected chi connectivity index (χ0v) is 15.3. The highest BCUT2D eigenvalue weighted by Crippen LogP contribution is 2.28. The van der Waals surface area contributed by atoms with Crippen LogP contribution in [0.2, 0.25) is 0 Å². The molecule has 4 amide bonds. The summed E-state index contributed by atoms with van der Waals surface area (Å²) in [4.78, 5) is 51.5. The third-order valence-electron chi connectivity index (χ3n) is 4.98. The maximum Gasteiger partial charge on any atom is 0.326 e. The highest BCUT2D eigenvalue weighted by Gasteiger charge is 2.49. The number of piperidine rings is 1. The van der Waals surface area contributed by atoms with Crippen molar-refractivity contribution in [3.63, 3.8) is 0 Å². The summed E-state index contributed by atoms with van der Waals surface area (Å²) in [5.74, 6) is -1.58. The van der Waals surface area contributed by atoms with E-state index < -0.39 is 30.0 Å². The van der Waals surface area contributed by atoms with Crippen molar-refractivity contribution in [1.82, 2.24) is 15.1 Å². The maximum absolute atomic E-state index is 12.7. The Morgan fingerprint density at radius 2 is 1.78 bits per heavy atom. The number of carbonyl (C=O) groups excluding carboxylic acids is 4. The number of urea groups is 1. The van der Waals surface area contributed by atoms with Crippen LogP contribution in [-0.2, 0) is 24.7 Å². The maximum atomic E-state index is 12.7.